The van der Waals surface area contributed by atoms with E-state index in [1.54, 1.807) is 18.2 Å². The average molecular weight is 358 g/mol. The van der Waals surface area contributed by atoms with Crippen LogP contribution in [0.1, 0.15) is 36.6 Å². The van der Waals surface area contributed by atoms with Gasteiger partial charge in [-0.15, -0.1) is 0 Å². The molecule has 1 saturated carbocycles. The lowest BCUT2D eigenvalue weighted by atomic mass is 10.2. The minimum Gasteiger partial charge on any atom is -0.464 e. The maximum atomic E-state index is 12.2. The Morgan fingerprint density at radius 2 is 2.12 bits per heavy atom. The second kappa shape index (κ2) is 6.32. The Labute approximate surface area is 150 Å². The van der Waals surface area contributed by atoms with Crippen LogP contribution in [-0.2, 0) is 13.1 Å². The van der Waals surface area contributed by atoms with Crippen LogP contribution >= 0.6 is 11.6 Å². The number of fused-ring (bicyclic) bond motifs is 1. The van der Waals surface area contributed by atoms with Gasteiger partial charge in [0.25, 0.3) is 5.56 Å². The van der Waals surface area contributed by atoms with Crippen LogP contribution in [0.4, 0.5) is 0 Å². The third-order valence-corrected chi connectivity index (χ3v) is 4.96. The summed E-state index contributed by atoms with van der Waals surface area (Å²) in [6.45, 7) is 3.43. The summed E-state index contributed by atoms with van der Waals surface area (Å²) in [6, 6.07) is 9.22. The van der Waals surface area contributed by atoms with E-state index < -0.39 is 0 Å². The van der Waals surface area contributed by atoms with Gasteiger partial charge in [0.15, 0.2) is 0 Å². The van der Waals surface area contributed by atoms with E-state index in [0.29, 0.717) is 40.8 Å². The third kappa shape index (κ3) is 3.48. The molecule has 4 rings (SSSR count). The minimum atomic E-state index is -0.145. The first-order valence-electron chi connectivity index (χ1n) is 8.45. The van der Waals surface area contributed by atoms with E-state index in [1.807, 2.05) is 13.1 Å². The van der Waals surface area contributed by atoms with Crippen LogP contribution < -0.4 is 5.56 Å². The molecule has 0 aliphatic heterocycles. The highest BCUT2D eigenvalue weighted by molar-refractivity contribution is 6.31. The predicted molar refractivity (Wildman–Crippen MR) is 97.8 cm³/mol. The number of furan rings is 1. The number of aromatic amines is 1. The number of H-pyrrole nitrogens is 1. The fourth-order valence-electron chi connectivity index (χ4n) is 3.21. The van der Waals surface area contributed by atoms with Crippen LogP contribution in [0.25, 0.3) is 10.9 Å². The van der Waals surface area contributed by atoms with E-state index in [2.05, 4.69) is 27.9 Å². The number of hydrogen-bond acceptors (Lipinski definition) is 4. The molecule has 1 fully saturated rings. The first-order valence-corrected chi connectivity index (χ1v) is 8.83. The third-order valence-electron chi connectivity index (χ3n) is 4.72. The van der Waals surface area contributed by atoms with Gasteiger partial charge in [-0.05, 0) is 49.7 Å². The van der Waals surface area contributed by atoms with Crippen LogP contribution in [0.15, 0.2) is 39.5 Å². The molecule has 1 aromatic carbocycles. The zero-order valence-electron chi connectivity index (χ0n) is 14.3. The average Bonchev–Trinajstić information content (AvgIpc) is 3.09. The van der Waals surface area contributed by atoms with E-state index in [0.717, 1.165) is 17.4 Å². The van der Waals surface area contributed by atoms with E-state index in [1.165, 1.54) is 6.42 Å². The largest absolute Gasteiger partial charge is 0.464 e. The number of halogens is 1. The van der Waals surface area contributed by atoms with Crippen molar-refractivity contribution >= 4 is 22.5 Å². The van der Waals surface area contributed by atoms with Gasteiger partial charge in [0, 0.05) is 10.9 Å². The number of aromatic nitrogens is 2. The zero-order valence-corrected chi connectivity index (χ0v) is 15.0. The number of nitrogens with zero attached hydrogens (tertiary/aromatic N) is 2. The molecule has 0 unspecified atom stereocenters. The summed E-state index contributed by atoms with van der Waals surface area (Å²) in [5.41, 5.74) is 0.468. The highest BCUT2D eigenvalue weighted by atomic mass is 35.5. The molecule has 1 aliphatic carbocycles. The number of benzene rings is 1. The Bertz CT molecular complexity index is 978. The molecule has 3 aromatic rings. The molecule has 1 aliphatic rings. The molecular weight excluding hydrogens is 338 g/mol. The van der Waals surface area contributed by atoms with E-state index in [9.17, 15) is 4.79 Å². The monoisotopic (exact) mass is 357 g/mol. The van der Waals surface area contributed by atoms with Crippen LogP contribution in [-0.4, -0.2) is 21.9 Å². The van der Waals surface area contributed by atoms with Gasteiger partial charge in [-0.3, -0.25) is 9.69 Å². The lowest BCUT2D eigenvalue weighted by Crippen LogP contribution is -2.21. The summed E-state index contributed by atoms with van der Waals surface area (Å²) in [5.74, 6) is 3.95. The van der Waals surface area contributed by atoms with Crippen molar-refractivity contribution in [1.29, 1.82) is 0 Å². The van der Waals surface area contributed by atoms with Crippen molar-refractivity contribution in [2.24, 2.45) is 5.92 Å². The van der Waals surface area contributed by atoms with Gasteiger partial charge in [0.05, 0.1) is 24.0 Å². The van der Waals surface area contributed by atoms with Crippen molar-refractivity contribution in [1.82, 2.24) is 14.9 Å². The summed E-state index contributed by atoms with van der Waals surface area (Å²) in [4.78, 5) is 21.6. The molecule has 130 valence electrons. The van der Waals surface area contributed by atoms with Gasteiger partial charge in [-0.1, -0.05) is 18.5 Å². The molecule has 0 saturated heterocycles. The predicted octanol–water partition coefficient (Wildman–Crippen LogP) is 3.92. The first kappa shape index (κ1) is 16.4. The van der Waals surface area contributed by atoms with Gasteiger partial charge in [-0.25, -0.2) is 4.98 Å². The Morgan fingerprint density at radius 3 is 2.88 bits per heavy atom. The summed E-state index contributed by atoms with van der Waals surface area (Å²) in [5, 5.41) is 1.12. The Morgan fingerprint density at radius 1 is 1.32 bits per heavy atom. The fraction of sp³-hybridized carbons (Fsp3) is 0.368. The Hall–Kier alpha value is -2.11. The smallest absolute Gasteiger partial charge is 0.258 e. The number of rotatable bonds is 5. The van der Waals surface area contributed by atoms with Gasteiger partial charge in [0.1, 0.15) is 17.3 Å². The molecule has 2 aromatic heterocycles. The number of nitrogens with one attached hydrogen (secondary N) is 1. The van der Waals surface area contributed by atoms with E-state index in [4.69, 9.17) is 16.0 Å². The summed E-state index contributed by atoms with van der Waals surface area (Å²) in [6.07, 6.45) is 1.22. The van der Waals surface area contributed by atoms with Crippen LogP contribution in [0, 0.1) is 5.92 Å². The molecule has 6 heteroatoms. The van der Waals surface area contributed by atoms with Crippen molar-refractivity contribution in [2.75, 3.05) is 7.05 Å². The van der Waals surface area contributed by atoms with Crippen molar-refractivity contribution in [3.05, 3.63) is 63.1 Å². The molecule has 0 radical (unpaired) electrons. The van der Waals surface area contributed by atoms with Gasteiger partial charge in [-0.2, -0.15) is 0 Å². The fourth-order valence-corrected chi connectivity index (χ4v) is 3.38. The Balaban J connectivity index is 1.48. The lowest BCUT2D eigenvalue weighted by Gasteiger charge is -2.14. The topological polar surface area (TPSA) is 62.1 Å². The summed E-state index contributed by atoms with van der Waals surface area (Å²) in [7, 11) is 1.98. The molecule has 1 N–H and O–H groups in total. The van der Waals surface area contributed by atoms with Gasteiger partial charge in [0.2, 0.25) is 0 Å². The van der Waals surface area contributed by atoms with Crippen molar-refractivity contribution in [3.8, 4) is 0 Å². The molecule has 25 heavy (non-hydrogen) atoms. The Kier molecular flexibility index (Phi) is 4.13. The van der Waals surface area contributed by atoms with Crippen LogP contribution in [0.3, 0.4) is 0 Å². The van der Waals surface area contributed by atoms with Crippen LogP contribution in [0.5, 0.6) is 0 Å². The second-order valence-electron chi connectivity index (χ2n) is 6.97. The first-order chi connectivity index (χ1) is 12.0. The standard InChI is InChI=1S/C19H20ClN3O2/c1-11-7-15(11)17-6-4-13(25-17)9-23(2)10-18-21-16-8-12(20)3-5-14(16)19(24)22-18/h3-6,8,11,15H,7,9-10H2,1-2H3,(H,21,22,24)/t11-,15+/m0/s1. The normalized spacial score (nSPS) is 19.7. The highest BCUT2D eigenvalue weighted by Gasteiger charge is 2.36. The number of hydrogen-bond donors (Lipinski definition) is 1. The molecule has 5 nitrogen and oxygen atoms in total. The maximum absolute atomic E-state index is 12.2. The van der Waals surface area contributed by atoms with E-state index >= 15 is 0 Å². The quantitative estimate of drug-likeness (QED) is 0.751. The maximum Gasteiger partial charge on any atom is 0.258 e. The van der Waals surface area contributed by atoms with Crippen molar-refractivity contribution in [3.63, 3.8) is 0 Å². The van der Waals surface area contributed by atoms with Gasteiger partial charge >= 0.3 is 0 Å². The van der Waals surface area contributed by atoms with Crippen LogP contribution in [0.2, 0.25) is 5.02 Å². The molecule has 2 atom stereocenters. The SMILES string of the molecule is C[C@H]1C[C@H]1c1ccc(CN(C)Cc2nc3cc(Cl)ccc3c(=O)[nH]2)o1. The molecular formula is C19H20ClN3O2. The van der Waals surface area contributed by atoms with Crippen molar-refractivity contribution in [2.45, 2.75) is 32.4 Å². The second-order valence-corrected chi connectivity index (χ2v) is 7.41. The van der Waals surface area contributed by atoms with Gasteiger partial charge < -0.3 is 9.40 Å². The van der Waals surface area contributed by atoms with Crippen molar-refractivity contribution < 1.29 is 4.42 Å². The highest BCUT2D eigenvalue weighted by Crippen LogP contribution is 2.47. The summed E-state index contributed by atoms with van der Waals surface area (Å²) < 4.78 is 5.94. The minimum absolute atomic E-state index is 0.145. The van der Waals surface area contributed by atoms with E-state index in [-0.39, 0.29) is 5.56 Å². The molecule has 2 heterocycles. The lowest BCUT2D eigenvalue weighted by molar-refractivity contribution is 0.277. The molecule has 0 bridgehead atoms. The zero-order chi connectivity index (χ0) is 17.6. The molecule has 0 spiro atoms. The molecule has 0 amide bonds. The summed E-state index contributed by atoms with van der Waals surface area (Å²) >= 11 is 6.00.